The molecule has 1 fully saturated rings. The topological polar surface area (TPSA) is 61.0 Å². The summed E-state index contributed by atoms with van der Waals surface area (Å²) in [6.45, 7) is 9.29. The quantitative estimate of drug-likeness (QED) is 0.917. The summed E-state index contributed by atoms with van der Waals surface area (Å²) in [6, 6.07) is 1.78. The van der Waals surface area contributed by atoms with Crippen molar-refractivity contribution >= 4 is 5.82 Å². The second-order valence-electron chi connectivity index (χ2n) is 6.53. The number of ether oxygens (including phenoxy) is 1. The van der Waals surface area contributed by atoms with Crippen molar-refractivity contribution in [3.05, 3.63) is 17.6 Å². The normalized spacial score (nSPS) is 26.9. The summed E-state index contributed by atoms with van der Waals surface area (Å²) in [7, 11) is 0. The summed E-state index contributed by atoms with van der Waals surface area (Å²) in [5.74, 6) is 3.28. The van der Waals surface area contributed by atoms with Crippen LogP contribution in [0.25, 0.3) is 0 Å². The molecule has 0 aliphatic heterocycles. The molecule has 3 atom stereocenters. The van der Waals surface area contributed by atoms with Crippen molar-refractivity contribution in [2.45, 2.75) is 59.7 Å². The van der Waals surface area contributed by atoms with Crippen molar-refractivity contribution in [1.82, 2.24) is 9.97 Å². The first-order valence-corrected chi connectivity index (χ1v) is 7.67. The molecule has 1 saturated carbocycles. The maximum absolute atomic E-state index is 6.14. The van der Waals surface area contributed by atoms with Crippen LogP contribution in [0.3, 0.4) is 0 Å². The molecule has 0 aromatic carbocycles. The van der Waals surface area contributed by atoms with E-state index >= 15 is 0 Å². The average molecular weight is 277 g/mol. The molecule has 4 nitrogen and oxygen atoms in total. The molecule has 0 radical (unpaired) electrons. The zero-order valence-corrected chi connectivity index (χ0v) is 13.1. The maximum atomic E-state index is 6.14. The highest BCUT2D eigenvalue weighted by atomic mass is 16.5. The molecule has 1 aliphatic rings. The van der Waals surface area contributed by atoms with Crippen molar-refractivity contribution in [3.63, 3.8) is 0 Å². The summed E-state index contributed by atoms with van der Waals surface area (Å²) >= 11 is 0. The first-order valence-electron chi connectivity index (χ1n) is 7.67. The third-order valence-corrected chi connectivity index (χ3v) is 4.31. The van der Waals surface area contributed by atoms with Gasteiger partial charge >= 0.3 is 0 Å². The van der Waals surface area contributed by atoms with E-state index in [1.807, 2.05) is 6.92 Å². The molecule has 0 amide bonds. The fourth-order valence-electron chi connectivity index (χ4n) is 3.21. The molecule has 1 aromatic heterocycles. The van der Waals surface area contributed by atoms with Gasteiger partial charge in [-0.25, -0.2) is 9.97 Å². The highest BCUT2D eigenvalue weighted by molar-refractivity contribution is 5.28. The lowest BCUT2D eigenvalue weighted by atomic mass is 9.75. The van der Waals surface area contributed by atoms with Gasteiger partial charge in [-0.2, -0.15) is 0 Å². The minimum absolute atomic E-state index is 0.323. The van der Waals surface area contributed by atoms with Crippen LogP contribution in [0.1, 0.15) is 51.6 Å². The molecule has 0 bridgehead atoms. The number of anilines is 1. The lowest BCUT2D eigenvalue weighted by Crippen LogP contribution is -2.34. The Bertz CT molecular complexity index is 427. The summed E-state index contributed by atoms with van der Waals surface area (Å²) in [6.07, 6.45) is 4.05. The van der Waals surface area contributed by atoms with Crippen LogP contribution < -0.4 is 5.73 Å². The van der Waals surface area contributed by atoms with Crippen LogP contribution in [0, 0.1) is 24.7 Å². The largest absolute Gasteiger partial charge is 0.384 e. The van der Waals surface area contributed by atoms with Gasteiger partial charge in [0.15, 0.2) is 5.82 Å². The van der Waals surface area contributed by atoms with Crippen LogP contribution in [0.4, 0.5) is 5.82 Å². The zero-order chi connectivity index (χ0) is 14.7. The number of hydrogen-bond acceptors (Lipinski definition) is 4. The van der Waals surface area contributed by atoms with Crippen molar-refractivity contribution in [2.24, 2.45) is 17.8 Å². The zero-order valence-electron chi connectivity index (χ0n) is 13.1. The number of aryl methyl sites for hydroxylation is 1. The number of aromatic nitrogens is 2. The van der Waals surface area contributed by atoms with Crippen LogP contribution in [-0.2, 0) is 11.3 Å². The monoisotopic (exact) mass is 277 g/mol. The Morgan fingerprint density at radius 3 is 2.75 bits per heavy atom. The first kappa shape index (κ1) is 15.2. The standard InChI is InChI=1S/C16H27N3O/c1-10(2)13-6-5-11(3)7-14(13)20-9-16-18-12(4)8-15(17)19-16/h8,10-11,13-14H,5-7,9H2,1-4H3,(H2,17,18,19). The second-order valence-corrected chi connectivity index (χ2v) is 6.53. The Morgan fingerprint density at radius 1 is 1.35 bits per heavy atom. The molecule has 2 N–H and O–H groups in total. The molecule has 1 aromatic rings. The van der Waals surface area contributed by atoms with Gasteiger partial charge in [0.1, 0.15) is 12.4 Å². The Labute approximate surface area is 122 Å². The molecule has 3 unspecified atom stereocenters. The van der Waals surface area contributed by atoms with E-state index in [1.54, 1.807) is 6.07 Å². The minimum atomic E-state index is 0.323. The summed E-state index contributed by atoms with van der Waals surface area (Å²) in [5.41, 5.74) is 6.66. The van der Waals surface area contributed by atoms with E-state index in [0.29, 0.717) is 36.2 Å². The third-order valence-electron chi connectivity index (χ3n) is 4.31. The summed E-state index contributed by atoms with van der Waals surface area (Å²) in [5, 5.41) is 0. The van der Waals surface area contributed by atoms with Gasteiger partial charge in [0, 0.05) is 11.8 Å². The van der Waals surface area contributed by atoms with Gasteiger partial charge in [0.25, 0.3) is 0 Å². The lowest BCUT2D eigenvalue weighted by Gasteiger charge is -2.37. The van der Waals surface area contributed by atoms with Gasteiger partial charge in [0.05, 0.1) is 6.10 Å². The van der Waals surface area contributed by atoms with Crippen LogP contribution in [-0.4, -0.2) is 16.1 Å². The van der Waals surface area contributed by atoms with Gasteiger partial charge in [-0.3, -0.25) is 0 Å². The van der Waals surface area contributed by atoms with Gasteiger partial charge < -0.3 is 10.5 Å². The smallest absolute Gasteiger partial charge is 0.156 e. The Balaban J connectivity index is 1.99. The number of nitrogens with zero attached hydrogens (tertiary/aromatic N) is 2. The van der Waals surface area contributed by atoms with Gasteiger partial charge in [-0.15, -0.1) is 0 Å². The van der Waals surface area contributed by atoms with Crippen molar-refractivity contribution in [1.29, 1.82) is 0 Å². The fourth-order valence-corrected chi connectivity index (χ4v) is 3.21. The van der Waals surface area contributed by atoms with Crippen LogP contribution >= 0.6 is 0 Å². The van der Waals surface area contributed by atoms with Gasteiger partial charge in [-0.1, -0.05) is 27.2 Å². The lowest BCUT2D eigenvalue weighted by molar-refractivity contribution is -0.0494. The number of nitrogen functional groups attached to an aromatic ring is 1. The van der Waals surface area contributed by atoms with E-state index in [1.165, 1.54) is 12.8 Å². The predicted octanol–water partition coefficient (Wildman–Crippen LogP) is 3.34. The molecule has 112 valence electrons. The van der Waals surface area contributed by atoms with E-state index in [4.69, 9.17) is 10.5 Å². The Morgan fingerprint density at radius 2 is 2.10 bits per heavy atom. The average Bonchev–Trinajstić information content (AvgIpc) is 2.35. The molecular formula is C16H27N3O. The number of hydrogen-bond donors (Lipinski definition) is 1. The Hall–Kier alpha value is -1.16. The van der Waals surface area contributed by atoms with E-state index in [0.717, 1.165) is 18.0 Å². The number of rotatable bonds is 4. The van der Waals surface area contributed by atoms with Crippen molar-refractivity contribution < 1.29 is 4.74 Å². The predicted molar refractivity (Wildman–Crippen MR) is 81.1 cm³/mol. The molecule has 1 aliphatic carbocycles. The van der Waals surface area contributed by atoms with Gasteiger partial charge in [-0.05, 0) is 37.5 Å². The number of nitrogens with two attached hydrogens (primary N) is 1. The van der Waals surface area contributed by atoms with E-state index in [-0.39, 0.29) is 0 Å². The second kappa shape index (κ2) is 6.53. The highest BCUT2D eigenvalue weighted by Crippen LogP contribution is 2.35. The fraction of sp³-hybridized carbons (Fsp3) is 0.750. The van der Waals surface area contributed by atoms with Crippen LogP contribution in [0.15, 0.2) is 6.07 Å². The van der Waals surface area contributed by atoms with Crippen LogP contribution in [0.5, 0.6) is 0 Å². The minimum Gasteiger partial charge on any atom is -0.384 e. The summed E-state index contributed by atoms with van der Waals surface area (Å²) < 4.78 is 6.14. The van der Waals surface area contributed by atoms with E-state index in [9.17, 15) is 0 Å². The molecule has 0 saturated heterocycles. The molecule has 0 spiro atoms. The summed E-state index contributed by atoms with van der Waals surface area (Å²) in [4.78, 5) is 8.64. The van der Waals surface area contributed by atoms with Crippen molar-refractivity contribution in [3.8, 4) is 0 Å². The van der Waals surface area contributed by atoms with E-state index in [2.05, 4.69) is 30.7 Å². The van der Waals surface area contributed by atoms with Crippen LogP contribution in [0.2, 0.25) is 0 Å². The molecular weight excluding hydrogens is 250 g/mol. The Kier molecular flexibility index (Phi) is 4.97. The van der Waals surface area contributed by atoms with Gasteiger partial charge in [0.2, 0.25) is 0 Å². The highest BCUT2D eigenvalue weighted by Gasteiger charge is 2.31. The SMILES string of the molecule is Cc1cc(N)nc(COC2CC(C)CCC2C(C)C)n1. The van der Waals surface area contributed by atoms with E-state index < -0.39 is 0 Å². The maximum Gasteiger partial charge on any atom is 0.156 e. The molecule has 2 rings (SSSR count). The molecule has 20 heavy (non-hydrogen) atoms. The molecule has 4 heteroatoms. The first-order chi connectivity index (χ1) is 9.45. The third kappa shape index (κ3) is 3.92. The van der Waals surface area contributed by atoms with Crippen molar-refractivity contribution in [2.75, 3.05) is 5.73 Å². The molecule has 1 heterocycles.